The molecule has 0 aromatic heterocycles. The highest BCUT2D eigenvalue weighted by molar-refractivity contribution is 8.19. The molecule has 1 aliphatic heterocycles. The summed E-state index contributed by atoms with van der Waals surface area (Å²) in [6.07, 6.45) is 4.56. The summed E-state index contributed by atoms with van der Waals surface area (Å²) in [7, 11) is 0. The van der Waals surface area contributed by atoms with Crippen LogP contribution in [0.3, 0.4) is 0 Å². The van der Waals surface area contributed by atoms with Gasteiger partial charge in [0.2, 0.25) is 0 Å². The molecule has 1 amide bonds. The summed E-state index contributed by atoms with van der Waals surface area (Å²) in [6.45, 7) is 4.63. The number of hydrogen-bond acceptors (Lipinski definition) is 5. The number of rotatable bonds is 7. The van der Waals surface area contributed by atoms with Crippen molar-refractivity contribution in [3.63, 3.8) is 0 Å². The quantitative estimate of drug-likeness (QED) is 0.438. The molecule has 1 N–H and O–H groups in total. The van der Waals surface area contributed by atoms with Gasteiger partial charge in [-0.15, -0.1) is 0 Å². The van der Waals surface area contributed by atoms with Crippen molar-refractivity contribution < 1.29 is 19.4 Å². The molecule has 1 aliphatic rings. The van der Waals surface area contributed by atoms with E-state index in [9.17, 15) is 9.59 Å². The molecule has 1 saturated heterocycles. The number of hydrogen-bond donors (Lipinski definition) is 1. The van der Waals surface area contributed by atoms with Crippen molar-refractivity contribution in [1.29, 1.82) is 0 Å². The van der Waals surface area contributed by atoms with Crippen LogP contribution in [0.2, 0.25) is 5.02 Å². The molecule has 0 radical (unpaired) electrons. The Bertz CT molecular complexity index is 1090. The first-order valence-electron chi connectivity index (χ1n) is 9.60. The third-order valence-electron chi connectivity index (χ3n) is 4.29. The lowest BCUT2D eigenvalue weighted by Crippen LogP contribution is -2.29. The third-order valence-corrected chi connectivity index (χ3v) is 5.59. The Labute approximate surface area is 189 Å². The maximum absolute atomic E-state index is 13.2. The number of thioether (sulfide) groups is 1. The minimum Gasteiger partial charge on any atom is -0.478 e. The fourth-order valence-electron chi connectivity index (χ4n) is 2.83. The van der Waals surface area contributed by atoms with Gasteiger partial charge in [0.05, 0.1) is 28.0 Å². The van der Waals surface area contributed by atoms with Gasteiger partial charge in [-0.25, -0.2) is 4.79 Å². The van der Waals surface area contributed by atoms with Gasteiger partial charge in [-0.3, -0.25) is 14.7 Å². The number of aliphatic imine (C=N–C) groups is 1. The first-order valence-corrected chi connectivity index (χ1v) is 10.8. The molecule has 3 rings (SSSR count). The number of anilines is 1. The highest BCUT2D eigenvalue weighted by atomic mass is 35.5. The normalized spacial score (nSPS) is 16.6. The zero-order chi connectivity index (χ0) is 22.4. The first-order chi connectivity index (χ1) is 14.9. The molecule has 0 spiro atoms. The fourth-order valence-corrected chi connectivity index (χ4v) is 4.06. The zero-order valence-electron chi connectivity index (χ0n) is 17.0. The number of carboxylic acids is 1. The average Bonchev–Trinajstić information content (AvgIpc) is 3.03. The maximum atomic E-state index is 13.2. The van der Waals surface area contributed by atoms with Gasteiger partial charge in [0.25, 0.3) is 5.91 Å². The van der Waals surface area contributed by atoms with Gasteiger partial charge in [0, 0.05) is 6.54 Å². The number of para-hydroxylation sites is 1. The van der Waals surface area contributed by atoms with Crippen LogP contribution in [-0.2, 0) is 9.59 Å². The molecule has 31 heavy (non-hydrogen) atoms. The number of aryl methyl sites for hydroxylation is 1. The molecular weight excluding hydrogens is 436 g/mol. The molecule has 0 atom stereocenters. The number of aliphatic carboxylic acids is 1. The van der Waals surface area contributed by atoms with E-state index in [1.54, 1.807) is 29.2 Å². The van der Waals surface area contributed by atoms with Crippen LogP contribution in [0.25, 0.3) is 6.08 Å². The highest BCUT2D eigenvalue weighted by Gasteiger charge is 2.35. The molecule has 2 aromatic rings. The van der Waals surface area contributed by atoms with Crippen molar-refractivity contribution in [1.82, 2.24) is 0 Å². The number of carbonyl (C=O) groups is 2. The lowest BCUT2D eigenvalue weighted by molar-refractivity contribution is -0.131. The monoisotopic (exact) mass is 456 g/mol. The van der Waals surface area contributed by atoms with Crippen LogP contribution in [0.4, 0.5) is 5.69 Å². The lowest BCUT2D eigenvalue weighted by Gasteiger charge is -2.17. The number of amides is 1. The second-order valence-corrected chi connectivity index (χ2v) is 8.07. The van der Waals surface area contributed by atoms with E-state index < -0.39 is 5.97 Å². The third kappa shape index (κ3) is 5.57. The Morgan fingerprint density at radius 1 is 1.29 bits per heavy atom. The second-order valence-electron chi connectivity index (χ2n) is 6.65. The first kappa shape index (κ1) is 22.7. The van der Waals surface area contributed by atoms with Crippen molar-refractivity contribution >= 4 is 52.2 Å². The maximum Gasteiger partial charge on any atom is 0.331 e. The van der Waals surface area contributed by atoms with E-state index in [-0.39, 0.29) is 5.91 Å². The minimum absolute atomic E-state index is 0.144. The largest absolute Gasteiger partial charge is 0.478 e. The molecular formula is C23H21ClN2O4S. The van der Waals surface area contributed by atoms with Crippen molar-refractivity contribution in [3.05, 3.63) is 75.9 Å². The van der Waals surface area contributed by atoms with Gasteiger partial charge >= 0.3 is 5.97 Å². The van der Waals surface area contributed by atoms with Crippen LogP contribution < -0.4 is 9.64 Å². The number of ether oxygens (including phenoxy) is 1. The summed E-state index contributed by atoms with van der Waals surface area (Å²) in [6, 6.07) is 12.7. The molecule has 1 heterocycles. The van der Waals surface area contributed by atoms with Gasteiger partial charge < -0.3 is 9.84 Å². The number of carboxylic acid groups (broad SMARTS) is 1. The average molecular weight is 457 g/mol. The van der Waals surface area contributed by atoms with Crippen LogP contribution in [0.15, 0.2) is 64.7 Å². The number of benzene rings is 2. The van der Waals surface area contributed by atoms with E-state index in [4.69, 9.17) is 21.4 Å². The number of halogens is 1. The van der Waals surface area contributed by atoms with Crippen LogP contribution in [0, 0.1) is 6.92 Å². The van der Waals surface area contributed by atoms with Gasteiger partial charge in [0.1, 0.15) is 5.75 Å². The summed E-state index contributed by atoms with van der Waals surface area (Å²) in [5.41, 5.74) is 2.52. The van der Waals surface area contributed by atoms with Crippen molar-refractivity contribution in [2.75, 3.05) is 11.4 Å². The summed E-state index contributed by atoms with van der Waals surface area (Å²) in [5.74, 6) is -0.943. The fraction of sp³-hybridized carbons (Fsp3) is 0.174. The van der Waals surface area contributed by atoms with Crippen molar-refractivity contribution in [2.45, 2.75) is 20.3 Å². The molecule has 160 valence electrons. The van der Waals surface area contributed by atoms with E-state index in [1.807, 2.05) is 38.1 Å². The van der Waals surface area contributed by atoms with Crippen LogP contribution in [0.5, 0.6) is 5.75 Å². The Morgan fingerprint density at radius 3 is 2.74 bits per heavy atom. The van der Waals surface area contributed by atoms with Gasteiger partial charge in [0.15, 0.2) is 5.17 Å². The number of amidine groups is 1. The molecule has 0 bridgehead atoms. The smallest absolute Gasteiger partial charge is 0.331 e. The zero-order valence-corrected chi connectivity index (χ0v) is 18.6. The van der Waals surface area contributed by atoms with E-state index >= 15 is 0 Å². The van der Waals surface area contributed by atoms with E-state index in [1.165, 1.54) is 11.8 Å². The Balaban J connectivity index is 1.90. The summed E-state index contributed by atoms with van der Waals surface area (Å²) in [5, 5.41) is 9.58. The molecule has 1 fully saturated rings. The number of carbonyl (C=O) groups excluding carboxylic acids is 1. The predicted molar refractivity (Wildman–Crippen MR) is 126 cm³/mol. The van der Waals surface area contributed by atoms with Crippen LogP contribution in [-0.4, -0.2) is 28.7 Å². The van der Waals surface area contributed by atoms with Gasteiger partial charge in [-0.05, 0) is 60.5 Å². The van der Waals surface area contributed by atoms with Crippen molar-refractivity contribution in [2.24, 2.45) is 4.99 Å². The summed E-state index contributed by atoms with van der Waals surface area (Å²) in [4.78, 5) is 30.6. The molecule has 2 aromatic carbocycles. The molecule has 0 saturated carbocycles. The van der Waals surface area contributed by atoms with Crippen LogP contribution in [0.1, 0.15) is 24.5 Å². The topological polar surface area (TPSA) is 79.2 Å². The Morgan fingerprint density at radius 2 is 2.06 bits per heavy atom. The van der Waals surface area contributed by atoms with E-state index in [2.05, 4.69) is 4.99 Å². The molecule has 6 nitrogen and oxygen atoms in total. The van der Waals surface area contributed by atoms with Crippen molar-refractivity contribution in [3.8, 4) is 5.75 Å². The Hall–Kier alpha value is -3.03. The van der Waals surface area contributed by atoms with Gasteiger partial charge in [-0.2, -0.15) is 0 Å². The van der Waals surface area contributed by atoms with Gasteiger partial charge in [-0.1, -0.05) is 42.8 Å². The minimum atomic E-state index is -1.12. The summed E-state index contributed by atoms with van der Waals surface area (Å²) >= 11 is 7.58. The SMILES string of the molecule is CCC/N=C1\S/C(=C/c2ccc(O/C=C/C(=O)O)c(Cl)c2)C(=O)N1c1ccccc1C. The molecule has 0 aliphatic carbocycles. The number of nitrogens with zero attached hydrogens (tertiary/aromatic N) is 2. The lowest BCUT2D eigenvalue weighted by atomic mass is 10.1. The molecule has 0 unspecified atom stereocenters. The molecule has 8 heteroatoms. The standard InChI is InChI=1S/C23H21ClN2O4S/c1-3-11-25-23-26(18-7-5-4-6-15(18)2)22(29)20(31-23)14-16-8-9-19(17(24)13-16)30-12-10-21(27)28/h4-10,12-14H,3,11H2,1-2H3,(H,27,28)/b12-10+,20-14+,25-23-. The highest BCUT2D eigenvalue weighted by Crippen LogP contribution is 2.38. The van der Waals surface area contributed by atoms with Crippen LogP contribution >= 0.6 is 23.4 Å². The van der Waals surface area contributed by atoms with E-state index in [0.717, 1.165) is 35.6 Å². The Kier molecular flexibility index (Phi) is 7.55. The van der Waals surface area contributed by atoms with E-state index in [0.29, 0.717) is 27.4 Å². The predicted octanol–water partition coefficient (Wildman–Crippen LogP) is 5.51. The summed E-state index contributed by atoms with van der Waals surface area (Å²) < 4.78 is 5.23. The second kappa shape index (κ2) is 10.3.